The Hall–Kier alpha value is -2.09. The molecule has 7 nitrogen and oxygen atoms in total. The van der Waals surface area contributed by atoms with Crippen LogP contribution in [0.4, 0.5) is 11.4 Å². The first-order valence-electron chi connectivity index (χ1n) is 3.76. The Bertz CT molecular complexity index is 564. The minimum absolute atomic E-state index is 0.0687. The van der Waals surface area contributed by atoms with Gasteiger partial charge in [0.1, 0.15) is 4.70 Å². The van der Waals surface area contributed by atoms with Crippen LogP contribution in [0.25, 0.3) is 10.2 Å². The van der Waals surface area contributed by atoms with Gasteiger partial charge in [0.15, 0.2) is 5.52 Å². The van der Waals surface area contributed by atoms with Crippen LogP contribution in [0.1, 0.15) is 0 Å². The monoisotopic (exact) mass is 225 g/mol. The molecule has 0 atom stereocenters. The molecule has 0 unspecified atom stereocenters. The number of nitrogens with zero attached hydrogens (tertiary/aromatic N) is 3. The van der Waals surface area contributed by atoms with Crippen LogP contribution < -0.4 is 0 Å². The van der Waals surface area contributed by atoms with Crippen LogP contribution in [0.5, 0.6) is 0 Å². The highest BCUT2D eigenvalue weighted by Crippen LogP contribution is 2.35. The fourth-order valence-electron chi connectivity index (χ4n) is 1.18. The molecule has 0 radical (unpaired) electrons. The van der Waals surface area contributed by atoms with Gasteiger partial charge in [0.2, 0.25) is 0 Å². The zero-order chi connectivity index (χ0) is 11.0. The second-order valence-corrected chi connectivity index (χ2v) is 3.52. The van der Waals surface area contributed by atoms with Crippen molar-refractivity contribution in [3.05, 3.63) is 37.9 Å². The van der Waals surface area contributed by atoms with Crippen LogP contribution in [0.3, 0.4) is 0 Å². The average Bonchev–Trinajstić information content (AvgIpc) is 2.59. The molecule has 2 heterocycles. The van der Waals surface area contributed by atoms with E-state index in [4.69, 9.17) is 0 Å². The van der Waals surface area contributed by atoms with E-state index in [0.717, 1.165) is 11.3 Å². The molecule has 0 fully saturated rings. The van der Waals surface area contributed by atoms with Gasteiger partial charge in [0.25, 0.3) is 5.69 Å². The van der Waals surface area contributed by atoms with Crippen molar-refractivity contribution in [2.45, 2.75) is 0 Å². The van der Waals surface area contributed by atoms with Gasteiger partial charge >= 0.3 is 5.69 Å². The molecule has 15 heavy (non-hydrogen) atoms. The van der Waals surface area contributed by atoms with E-state index in [2.05, 4.69) is 4.98 Å². The number of aromatic nitrogens is 1. The Morgan fingerprint density at radius 1 is 1.20 bits per heavy atom. The minimum atomic E-state index is -0.602. The number of pyridine rings is 1. The highest BCUT2D eigenvalue weighted by atomic mass is 32.1. The van der Waals surface area contributed by atoms with Gasteiger partial charge in [-0.2, -0.15) is 0 Å². The Labute approximate surface area is 86.3 Å². The quantitative estimate of drug-likeness (QED) is 0.575. The van der Waals surface area contributed by atoms with Crippen molar-refractivity contribution in [2.75, 3.05) is 0 Å². The molecule has 0 amide bonds. The van der Waals surface area contributed by atoms with Gasteiger partial charge in [0, 0.05) is 12.3 Å². The zero-order valence-electron chi connectivity index (χ0n) is 7.11. The third-order valence-electron chi connectivity index (χ3n) is 1.81. The molecule has 0 spiro atoms. The molecule has 0 aromatic carbocycles. The van der Waals surface area contributed by atoms with Crippen LogP contribution in [0.15, 0.2) is 17.6 Å². The molecule has 8 heteroatoms. The van der Waals surface area contributed by atoms with Crippen molar-refractivity contribution < 1.29 is 9.85 Å². The van der Waals surface area contributed by atoms with Gasteiger partial charge in [0.05, 0.1) is 15.2 Å². The molecular weight excluding hydrogens is 222 g/mol. The Balaban J connectivity index is 2.80. The summed E-state index contributed by atoms with van der Waals surface area (Å²) in [5, 5.41) is 22.4. The van der Waals surface area contributed by atoms with Gasteiger partial charge in [-0.05, 0) is 0 Å². The average molecular weight is 225 g/mol. The van der Waals surface area contributed by atoms with Gasteiger partial charge in [-0.1, -0.05) is 0 Å². The lowest BCUT2D eigenvalue weighted by Crippen LogP contribution is -1.90. The van der Waals surface area contributed by atoms with E-state index in [1.165, 1.54) is 17.6 Å². The van der Waals surface area contributed by atoms with Gasteiger partial charge in [-0.25, -0.2) is 4.98 Å². The first-order valence-corrected chi connectivity index (χ1v) is 4.64. The standard InChI is InChI=1S/C7H3N3O4S/c11-9(12)4-1-2-8-6-5(10(13)14)3-15-7(4)6/h1-3H. The number of fused-ring (bicyclic) bond motifs is 1. The molecule has 2 aromatic rings. The van der Waals surface area contributed by atoms with Crippen molar-refractivity contribution >= 4 is 32.9 Å². The summed E-state index contributed by atoms with van der Waals surface area (Å²) >= 11 is 0.951. The van der Waals surface area contributed by atoms with E-state index in [1.54, 1.807) is 0 Å². The molecule has 0 aliphatic heterocycles. The van der Waals surface area contributed by atoms with Crippen molar-refractivity contribution in [1.82, 2.24) is 4.98 Å². The smallest absolute Gasteiger partial charge is 0.258 e. The first-order chi connectivity index (χ1) is 7.11. The summed E-state index contributed by atoms with van der Waals surface area (Å²) in [7, 11) is 0. The lowest BCUT2D eigenvalue weighted by Gasteiger charge is -1.91. The lowest BCUT2D eigenvalue weighted by molar-refractivity contribution is -0.384. The Morgan fingerprint density at radius 2 is 1.87 bits per heavy atom. The van der Waals surface area contributed by atoms with Crippen molar-refractivity contribution in [2.24, 2.45) is 0 Å². The molecule has 2 rings (SSSR count). The van der Waals surface area contributed by atoms with Crippen molar-refractivity contribution in [3.8, 4) is 0 Å². The van der Waals surface area contributed by atoms with E-state index in [1.807, 2.05) is 0 Å². The van der Waals surface area contributed by atoms with E-state index in [0.29, 0.717) is 0 Å². The number of rotatable bonds is 2. The van der Waals surface area contributed by atoms with Crippen LogP contribution >= 0.6 is 11.3 Å². The maximum Gasteiger partial charge on any atom is 0.306 e. The highest BCUT2D eigenvalue weighted by Gasteiger charge is 2.22. The molecule has 0 aliphatic rings. The van der Waals surface area contributed by atoms with E-state index in [9.17, 15) is 20.2 Å². The normalized spacial score (nSPS) is 10.4. The number of nitro groups is 2. The summed E-state index contributed by atoms with van der Waals surface area (Å²) in [5.41, 5.74) is -0.281. The summed E-state index contributed by atoms with van der Waals surface area (Å²) in [6.07, 6.45) is 1.19. The minimum Gasteiger partial charge on any atom is -0.258 e. The van der Waals surface area contributed by atoms with Gasteiger partial charge in [-0.15, -0.1) is 11.3 Å². The summed E-state index contributed by atoms with van der Waals surface area (Å²) < 4.78 is 0.231. The SMILES string of the molecule is O=[N+]([O-])c1csc2c([N+](=O)[O-])ccnc12. The second-order valence-electron chi connectivity index (χ2n) is 2.64. The van der Waals surface area contributed by atoms with Crippen molar-refractivity contribution in [3.63, 3.8) is 0 Å². The molecule has 0 saturated heterocycles. The maximum atomic E-state index is 10.6. The fourth-order valence-corrected chi connectivity index (χ4v) is 2.14. The second kappa shape index (κ2) is 3.24. The Kier molecular flexibility index (Phi) is 2.05. The van der Waals surface area contributed by atoms with Crippen LogP contribution in [-0.2, 0) is 0 Å². The Morgan fingerprint density at radius 3 is 2.47 bits per heavy atom. The van der Waals surface area contributed by atoms with Crippen LogP contribution in [-0.4, -0.2) is 14.8 Å². The first kappa shape index (κ1) is 9.46. The van der Waals surface area contributed by atoms with E-state index >= 15 is 0 Å². The van der Waals surface area contributed by atoms with E-state index < -0.39 is 9.85 Å². The highest BCUT2D eigenvalue weighted by molar-refractivity contribution is 7.18. The van der Waals surface area contributed by atoms with Crippen molar-refractivity contribution in [1.29, 1.82) is 0 Å². The predicted octanol–water partition coefficient (Wildman–Crippen LogP) is 2.11. The predicted molar refractivity (Wildman–Crippen MR) is 52.9 cm³/mol. The van der Waals surface area contributed by atoms with E-state index in [-0.39, 0.29) is 21.6 Å². The largest absolute Gasteiger partial charge is 0.306 e. The molecule has 0 N–H and O–H groups in total. The fraction of sp³-hybridized carbons (Fsp3) is 0. The number of hydrogen-bond donors (Lipinski definition) is 0. The number of thiophene rings is 1. The topological polar surface area (TPSA) is 99.2 Å². The van der Waals surface area contributed by atoms with Gasteiger partial charge < -0.3 is 0 Å². The molecule has 0 saturated carbocycles. The van der Waals surface area contributed by atoms with Gasteiger partial charge in [-0.3, -0.25) is 20.2 Å². The molecule has 0 aliphatic carbocycles. The summed E-state index contributed by atoms with van der Waals surface area (Å²) in [6, 6.07) is 1.22. The third kappa shape index (κ3) is 1.40. The summed E-state index contributed by atoms with van der Waals surface area (Å²) in [4.78, 5) is 23.8. The number of hydrogen-bond acceptors (Lipinski definition) is 6. The molecule has 2 aromatic heterocycles. The molecular formula is C7H3N3O4S. The van der Waals surface area contributed by atoms with Crippen LogP contribution in [0.2, 0.25) is 0 Å². The zero-order valence-corrected chi connectivity index (χ0v) is 7.93. The summed E-state index contributed by atoms with van der Waals surface area (Å²) in [6.45, 7) is 0. The summed E-state index contributed by atoms with van der Waals surface area (Å²) in [5.74, 6) is 0. The molecule has 76 valence electrons. The molecule has 0 bridgehead atoms. The lowest BCUT2D eigenvalue weighted by atomic mass is 10.3. The maximum absolute atomic E-state index is 10.6. The van der Waals surface area contributed by atoms with Crippen LogP contribution in [0, 0.1) is 20.2 Å². The third-order valence-corrected chi connectivity index (χ3v) is 2.79.